The Labute approximate surface area is 166 Å². The summed E-state index contributed by atoms with van der Waals surface area (Å²) in [5.74, 6) is 1.04. The first-order valence-corrected chi connectivity index (χ1v) is 10.1. The van der Waals surface area contributed by atoms with E-state index in [1.54, 1.807) is 38.3 Å². The van der Waals surface area contributed by atoms with Gasteiger partial charge in [0.2, 0.25) is 10.0 Å². The van der Waals surface area contributed by atoms with Gasteiger partial charge < -0.3 is 14.4 Å². The molecule has 152 valence electrons. The fourth-order valence-electron chi connectivity index (χ4n) is 2.66. The highest BCUT2D eigenvalue weighted by molar-refractivity contribution is 7.89. The smallest absolute Gasteiger partial charge is 0.253 e. The third kappa shape index (κ3) is 4.82. The number of rotatable bonds is 8. The predicted octanol–water partition coefficient (Wildman–Crippen LogP) is 2.27. The second-order valence-corrected chi connectivity index (χ2v) is 8.63. The van der Waals surface area contributed by atoms with Crippen molar-refractivity contribution in [3.8, 4) is 11.5 Å². The Kier molecular flexibility index (Phi) is 7.04. The van der Waals surface area contributed by atoms with Crippen molar-refractivity contribution in [3.05, 3.63) is 53.6 Å². The molecule has 2 aromatic carbocycles. The maximum absolute atomic E-state index is 12.7. The van der Waals surface area contributed by atoms with Crippen LogP contribution in [0.4, 0.5) is 0 Å². The Hall–Kier alpha value is -2.58. The molecule has 0 aliphatic carbocycles. The number of likely N-dealkylation sites (N-methyl/N-ethyl adjacent to an activating group) is 1. The molecule has 0 heterocycles. The lowest BCUT2D eigenvalue weighted by Crippen LogP contribution is -2.29. The summed E-state index contributed by atoms with van der Waals surface area (Å²) >= 11 is 0. The molecule has 0 unspecified atom stereocenters. The molecular weight excluding hydrogens is 380 g/mol. The Bertz CT molecular complexity index is 941. The number of ether oxygens (including phenoxy) is 2. The van der Waals surface area contributed by atoms with Gasteiger partial charge in [0.1, 0.15) is 0 Å². The van der Waals surface area contributed by atoms with Crippen LogP contribution in [0.5, 0.6) is 11.5 Å². The lowest BCUT2D eigenvalue weighted by atomic mass is 10.1. The summed E-state index contributed by atoms with van der Waals surface area (Å²) < 4.78 is 36.2. The first-order valence-electron chi connectivity index (χ1n) is 8.69. The molecule has 0 N–H and O–H groups in total. The van der Waals surface area contributed by atoms with E-state index in [1.165, 1.54) is 26.2 Å². The molecule has 0 atom stereocenters. The van der Waals surface area contributed by atoms with E-state index in [2.05, 4.69) is 0 Å². The number of nitrogens with zero attached hydrogens (tertiary/aromatic N) is 2. The van der Waals surface area contributed by atoms with E-state index in [0.717, 1.165) is 9.87 Å². The van der Waals surface area contributed by atoms with Gasteiger partial charge in [-0.15, -0.1) is 0 Å². The summed E-state index contributed by atoms with van der Waals surface area (Å²) in [5.41, 5.74) is 1.33. The molecule has 1 amide bonds. The zero-order valence-electron chi connectivity index (χ0n) is 16.8. The van der Waals surface area contributed by atoms with Crippen molar-refractivity contribution in [2.45, 2.75) is 11.3 Å². The zero-order valence-corrected chi connectivity index (χ0v) is 17.6. The minimum atomic E-state index is -3.59. The number of benzene rings is 2. The average molecular weight is 407 g/mol. The van der Waals surface area contributed by atoms with Crippen LogP contribution in [-0.4, -0.2) is 65.4 Å². The molecule has 7 nitrogen and oxygen atoms in total. The van der Waals surface area contributed by atoms with E-state index in [-0.39, 0.29) is 10.8 Å². The molecule has 0 spiro atoms. The van der Waals surface area contributed by atoms with Crippen LogP contribution < -0.4 is 9.47 Å². The molecule has 0 saturated carbocycles. The first-order chi connectivity index (χ1) is 13.2. The van der Waals surface area contributed by atoms with Gasteiger partial charge in [-0.1, -0.05) is 12.1 Å². The van der Waals surface area contributed by atoms with E-state index in [4.69, 9.17) is 9.47 Å². The summed E-state index contributed by atoms with van der Waals surface area (Å²) in [4.78, 5) is 14.4. The third-order valence-electron chi connectivity index (χ3n) is 4.39. The van der Waals surface area contributed by atoms with Crippen molar-refractivity contribution >= 4 is 15.9 Å². The minimum absolute atomic E-state index is 0.0941. The molecular formula is C20H26N2O5S. The van der Waals surface area contributed by atoms with Crippen molar-refractivity contribution in [1.29, 1.82) is 0 Å². The van der Waals surface area contributed by atoms with Gasteiger partial charge in [-0.3, -0.25) is 4.79 Å². The number of hydrogen-bond donors (Lipinski definition) is 0. The van der Waals surface area contributed by atoms with Gasteiger partial charge in [0.05, 0.1) is 19.1 Å². The van der Waals surface area contributed by atoms with Crippen LogP contribution in [0.25, 0.3) is 0 Å². The highest BCUT2D eigenvalue weighted by atomic mass is 32.2. The molecule has 0 aliphatic rings. The summed E-state index contributed by atoms with van der Waals surface area (Å²) in [5, 5.41) is 0. The molecule has 2 rings (SSSR count). The molecule has 28 heavy (non-hydrogen) atoms. The fraction of sp³-hybridized carbons (Fsp3) is 0.350. The quantitative estimate of drug-likeness (QED) is 0.672. The summed E-state index contributed by atoms with van der Waals surface area (Å²) in [7, 11) is 4.17. The van der Waals surface area contributed by atoms with E-state index >= 15 is 0 Å². The number of carbonyl (C=O) groups is 1. The molecule has 0 aliphatic heterocycles. The maximum Gasteiger partial charge on any atom is 0.253 e. The number of sulfonamides is 1. The monoisotopic (exact) mass is 406 g/mol. The largest absolute Gasteiger partial charge is 0.493 e. The molecule has 0 saturated heterocycles. The number of hydrogen-bond acceptors (Lipinski definition) is 5. The summed E-state index contributed by atoms with van der Waals surface area (Å²) in [6.45, 7) is 0.471. The van der Waals surface area contributed by atoms with Gasteiger partial charge in [0.15, 0.2) is 11.5 Å². The van der Waals surface area contributed by atoms with E-state index < -0.39 is 10.0 Å². The summed E-state index contributed by atoms with van der Waals surface area (Å²) in [6.07, 6.45) is 0.623. The molecule has 0 bridgehead atoms. The molecule has 2 aromatic rings. The van der Waals surface area contributed by atoms with Gasteiger partial charge in [-0.25, -0.2) is 12.7 Å². The highest BCUT2D eigenvalue weighted by Gasteiger charge is 2.20. The Morgan fingerprint density at radius 3 is 2.25 bits per heavy atom. The first kappa shape index (κ1) is 21.7. The van der Waals surface area contributed by atoms with Crippen molar-refractivity contribution in [2.24, 2.45) is 0 Å². The van der Waals surface area contributed by atoms with Gasteiger partial charge in [0.25, 0.3) is 5.91 Å². The van der Waals surface area contributed by atoms with E-state index in [0.29, 0.717) is 30.0 Å². The van der Waals surface area contributed by atoms with Gasteiger partial charge in [-0.2, -0.15) is 0 Å². The second kappa shape index (κ2) is 9.07. The summed E-state index contributed by atoms with van der Waals surface area (Å²) in [6, 6.07) is 11.7. The fourth-order valence-corrected chi connectivity index (χ4v) is 3.60. The standard InChI is InChI=1S/C20H26N2O5S/c1-21(2)28(24,25)17-8-6-7-16(14-17)20(23)22(3)12-11-15-9-10-18(26-4)19(13-15)27-5/h6-10,13-14H,11-12H2,1-5H3. The second-order valence-electron chi connectivity index (χ2n) is 6.48. The molecule has 0 fully saturated rings. The zero-order chi connectivity index (χ0) is 20.9. The molecule has 0 radical (unpaired) electrons. The van der Waals surface area contributed by atoms with Crippen LogP contribution in [0.3, 0.4) is 0 Å². The topological polar surface area (TPSA) is 76.2 Å². The third-order valence-corrected chi connectivity index (χ3v) is 6.20. The van der Waals surface area contributed by atoms with Crippen LogP contribution in [0.2, 0.25) is 0 Å². The average Bonchev–Trinajstić information content (AvgIpc) is 2.70. The van der Waals surface area contributed by atoms with Gasteiger partial charge in [-0.05, 0) is 42.3 Å². The Morgan fingerprint density at radius 2 is 1.64 bits per heavy atom. The predicted molar refractivity (Wildman–Crippen MR) is 108 cm³/mol. The minimum Gasteiger partial charge on any atom is -0.493 e. The lowest BCUT2D eigenvalue weighted by molar-refractivity contribution is 0.0796. The Morgan fingerprint density at radius 1 is 0.964 bits per heavy atom. The highest BCUT2D eigenvalue weighted by Crippen LogP contribution is 2.27. The van der Waals surface area contributed by atoms with Gasteiger partial charge >= 0.3 is 0 Å². The Balaban J connectivity index is 2.11. The SMILES string of the molecule is COc1ccc(CCN(C)C(=O)c2cccc(S(=O)(=O)N(C)C)c2)cc1OC. The van der Waals surface area contributed by atoms with Crippen molar-refractivity contribution in [1.82, 2.24) is 9.21 Å². The number of amides is 1. The molecule has 8 heteroatoms. The lowest BCUT2D eigenvalue weighted by Gasteiger charge is -2.18. The van der Waals surface area contributed by atoms with Crippen LogP contribution in [0.1, 0.15) is 15.9 Å². The maximum atomic E-state index is 12.7. The van der Waals surface area contributed by atoms with Crippen LogP contribution in [0.15, 0.2) is 47.4 Å². The van der Waals surface area contributed by atoms with Crippen LogP contribution in [-0.2, 0) is 16.4 Å². The number of methoxy groups -OCH3 is 2. The van der Waals surface area contributed by atoms with Crippen molar-refractivity contribution in [3.63, 3.8) is 0 Å². The van der Waals surface area contributed by atoms with E-state index in [1.807, 2.05) is 18.2 Å². The van der Waals surface area contributed by atoms with Crippen molar-refractivity contribution in [2.75, 3.05) is 41.9 Å². The van der Waals surface area contributed by atoms with E-state index in [9.17, 15) is 13.2 Å². The number of carbonyl (C=O) groups excluding carboxylic acids is 1. The van der Waals surface area contributed by atoms with Crippen LogP contribution in [0, 0.1) is 0 Å². The normalized spacial score (nSPS) is 11.4. The molecule has 0 aromatic heterocycles. The van der Waals surface area contributed by atoms with Crippen LogP contribution >= 0.6 is 0 Å². The van der Waals surface area contributed by atoms with Gasteiger partial charge in [0, 0.05) is 33.3 Å². The van der Waals surface area contributed by atoms with Crippen molar-refractivity contribution < 1.29 is 22.7 Å².